The van der Waals surface area contributed by atoms with E-state index in [9.17, 15) is 0 Å². The lowest BCUT2D eigenvalue weighted by Crippen LogP contribution is -2.42. The minimum atomic E-state index is 0.508. The topological polar surface area (TPSA) is 21.3 Å². The lowest BCUT2D eigenvalue weighted by atomic mass is 9.80. The van der Waals surface area contributed by atoms with Gasteiger partial charge < -0.3 is 10.1 Å². The number of benzene rings is 1. The zero-order chi connectivity index (χ0) is 14.8. The molecular weight excluding hydrogens is 258 g/mol. The highest BCUT2D eigenvalue weighted by atomic mass is 16.5. The molecule has 0 amide bonds. The van der Waals surface area contributed by atoms with Gasteiger partial charge in [0, 0.05) is 12.0 Å². The van der Waals surface area contributed by atoms with Gasteiger partial charge in [-0.15, -0.1) is 0 Å². The Labute approximate surface area is 129 Å². The van der Waals surface area contributed by atoms with Crippen molar-refractivity contribution in [3.05, 3.63) is 34.9 Å². The summed E-state index contributed by atoms with van der Waals surface area (Å²) in [5.74, 6) is 0.703. The highest BCUT2D eigenvalue weighted by Gasteiger charge is 2.44. The monoisotopic (exact) mass is 287 g/mol. The van der Waals surface area contributed by atoms with Crippen molar-refractivity contribution in [2.24, 2.45) is 5.92 Å². The van der Waals surface area contributed by atoms with Crippen molar-refractivity contribution in [2.75, 3.05) is 6.54 Å². The summed E-state index contributed by atoms with van der Waals surface area (Å²) in [6, 6.07) is 7.23. The third kappa shape index (κ3) is 3.17. The Balaban J connectivity index is 1.76. The van der Waals surface area contributed by atoms with Gasteiger partial charge in [0.15, 0.2) is 0 Å². The standard InChI is InChI=1S/C19H29NO/c1-4-10-20-18(17-11-15-8-9-19(17)21-15)12-16-13(2)6-5-7-14(16)3/h5-7,15,17-20H,4,8-12H2,1-3H3. The Hall–Kier alpha value is -0.860. The Morgan fingerprint density at radius 1 is 1.24 bits per heavy atom. The van der Waals surface area contributed by atoms with E-state index >= 15 is 0 Å². The zero-order valence-electron chi connectivity index (χ0n) is 13.7. The van der Waals surface area contributed by atoms with Gasteiger partial charge in [-0.1, -0.05) is 25.1 Å². The second-order valence-corrected chi connectivity index (χ2v) is 6.91. The summed E-state index contributed by atoms with van der Waals surface area (Å²) in [6.45, 7) is 7.86. The molecule has 2 fully saturated rings. The maximum absolute atomic E-state index is 6.10. The minimum Gasteiger partial charge on any atom is -0.375 e. The van der Waals surface area contributed by atoms with Crippen molar-refractivity contribution in [1.82, 2.24) is 5.32 Å². The van der Waals surface area contributed by atoms with Crippen LogP contribution in [0.15, 0.2) is 18.2 Å². The van der Waals surface area contributed by atoms with E-state index < -0.39 is 0 Å². The van der Waals surface area contributed by atoms with Crippen LogP contribution in [0.1, 0.15) is 49.3 Å². The van der Waals surface area contributed by atoms with Gasteiger partial charge >= 0.3 is 0 Å². The largest absolute Gasteiger partial charge is 0.375 e. The fraction of sp³-hybridized carbons (Fsp3) is 0.684. The molecule has 0 aromatic heterocycles. The quantitative estimate of drug-likeness (QED) is 0.859. The molecule has 0 spiro atoms. The van der Waals surface area contributed by atoms with Crippen LogP contribution in [0.5, 0.6) is 0 Å². The molecule has 2 heterocycles. The molecule has 0 radical (unpaired) electrons. The SMILES string of the molecule is CCCNC(Cc1c(C)cccc1C)C1CC2CCC1O2. The maximum atomic E-state index is 6.10. The van der Waals surface area contributed by atoms with E-state index in [0.717, 1.165) is 13.0 Å². The maximum Gasteiger partial charge on any atom is 0.0623 e. The van der Waals surface area contributed by atoms with E-state index in [1.165, 1.54) is 42.4 Å². The summed E-state index contributed by atoms with van der Waals surface area (Å²) in [6.07, 6.45) is 7.22. The van der Waals surface area contributed by atoms with E-state index in [4.69, 9.17) is 4.74 Å². The van der Waals surface area contributed by atoms with Crippen LogP contribution in [0.4, 0.5) is 0 Å². The Kier molecular flexibility index (Phi) is 4.66. The van der Waals surface area contributed by atoms with Crippen LogP contribution in [0, 0.1) is 19.8 Å². The lowest BCUT2D eigenvalue weighted by Gasteiger charge is -2.30. The average molecular weight is 287 g/mol. The second kappa shape index (κ2) is 6.50. The van der Waals surface area contributed by atoms with Crippen molar-refractivity contribution < 1.29 is 4.74 Å². The van der Waals surface area contributed by atoms with Gasteiger partial charge in [0.25, 0.3) is 0 Å². The van der Waals surface area contributed by atoms with Crippen LogP contribution in [0.3, 0.4) is 0 Å². The van der Waals surface area contributed by atoms with Crippen molar-refractivity contribution in [2.45, 2.75) is 71.1 Å². The molecule has 2 bridgehead atoms. The van der Waals surface area contributed by atoms with Crippen LogP contribution in [-0.4, -0.2) is 24.8 Å². The van der Waals surface area contributed by atoms with Crippen molar-refractivity contribution in [3.8, 4) is 0 Å². The molecule has 116 valence electrons. The summed E-state index contributed by atoms with van der Waals surface area (Å²) in [5.41, 5.74) is 4.40. The third-order valence-corrected chi connectivity index (χ3v) is 5.39. The number of ether oxygens (including phenoxy) is 1. The number of hydrogen-bond acceptors (Lipinski definition) is 2. The first-order chi connectivity index (χ1) is 10.2. The first-order valence-electron chi connectivity index (χ1n) is 8.63. The van der Waals surface area contributed by atoms with Gasteiger partial charge in [-0.25, -0.2) is 0 Å². The van der Waals surface area contributed by atoms with Crippen LogP contribution in [0.2, 0.25) is 0 Å². The molecule has 2 aliphatic heterocycles. The molecule has 2 nitrogen and oxygen atoms in total. The molecule has 2 aliphatic rings. The zero-order valence-corrected chi connectivity index (χ0v) is 13.7. The number of fused-ring (bicyclic) bond motifs is 2. The van der Waals surface area contributed by atoms with Crippen molar-refractivity contribution in [1.29, 1.82) is 0 Å². The summed E-state index contributed by atoms with van der Waals surface area (Å²) in [7, 11) is 0. The first kappa shape index (κ1) is 15.1. The molecule has 0 aliphatic carbocycles. The predicted molar refractivity (Wildman–Crippen MR) is 87.7 cm³/mol. The Morgan fingerprint density at radius 3 is 2.57 bits per heavy atom. The summed E-state index contributed by atoms with van der Waals surface area (Å²) in [5, 5.41) is 3.82. The van der Waals surface area contributed by atoms with Gasteiger partial charge in [0.1, 0.15) is 0 Å². The molecule has 2 heteroatoms. The van der Waals surface area contributed by atoms with Crippen LogP contribution < -0.4 is 5.32 Å². The van der Waals surface area contributed by atoms with E-state index in [2.05, 4.69) is 44.3 Å². The molecule has 3 rings (SSSR count). The van der Waals surface area contributed by atoms with E-state index in [1.54, 1.807) is 0 Å². The normalized spacial score (nSPS) is 29.0. The molecule has 1 aromatic carbocycles. The molecule has 0 saturated carbocycles. The molecule has 4 atom stereocenters. The Bertz CT molecular complexity index is 464. The van der Waals surface area contributed by atoms with Crippen LogP contribution in [-0.2, 0) is 11.2 Å². The van der Waals surface area contributed by atoms with Gasteiger partial charge in [0.05, 0.1) is 12.2 Å². The second-order valence-electron chi connectivity index (χ2n) is 6.91. The highest BCUT2D eigenvalue weighted by Crippen LogP contribution is 2.41. The number of nitrogens with one attached hydrogen (secondary N) is 1. The molecule has 4 unspecified atom stereocenters. The van der Waals surface area contributed by atoms with Gasteiger partial charge in [-0.2, -0.15) is 0 Å². The third-order valence-electron chi connectivity index (χ3n) is 5.39. The minimum absolute atomic E-state index is 0.508. The van der Waals surface area contributed by atoms with Crippen molar-refractivity contribution in [3.63, 3.8) is 0 Å². The van der Waals surface area contributed by atoms with E-state index in [0.29, 0.717) is 24.2 Å². The highest BCUT2D eigenvalue weighted by molar-refractivity contribution is 5.34. The van der Waals surface area contributed by atoms with Gasteiger partial charge in [0.2, 0.25) is 0 Å². The van der Waals surface area contributed by atoms with Crippen LogP contribution >= 0.6 is 0 Å². The van der Waals surface area contributed by atoms with Crippen LogP contribution in [0.25, 0.3) is 0 Å². The summed E-state index contributed by atoms with van der Waals surface area (Å²) < 4.78 is 6.10. The molecule has 21 heavy (non-hydrogen) atoms. The molecule has 2 saturated heterocycles. The van der Waals surface area contributed by atoms with Crippen molar-refractivity contribution >= 4 is 0 Å². The molecule has 1 N–H and O–H groups in total. The summed E-state index contributed by atoms with van der Waals surface area (Å²) >= 11 is 0. The number of aryl methyl sites for hydroxylation is 2. The Morgan fingerprint density at radius 2 is 2.00 bits per heavy atom. The molecular formula is C19H29NO. The van der Waals surface area contributed by atoms with E-state index in [-0.39, 0.29) is 0 Å². The lowest BCUT2D eigenvalue weighted by molar-refractivity contribution is 0.0857. The predicted octanol–water partition coefficient (Wildman–Crippen LogP) is 3.78. The fourth-order valence-electron chi connectivity index (χ4n) is 4.20. The average Bonchev–Trinajstić information content (AvgIpc) is 3.09. The molecule has 1 aromatic rings. The number of hydrogen-bond donors (Lipinski definition) is 1. The first-order valence-corrected chi connectivity index (χ1v) is 8.63. The fourth-order valence-corrected chi connectivity index (χ4v) is 4.20. The smallest absolute Gasteiger partial charge is 0.0623 e. The number of rotatable bonds is 6. The summed E-state index contributed by atoms with van der Waals surface area (Å²) in [4.78, 5) is 0. The van der Waals surface area contributed by atoms with Gasteiger partial charge in [-0.05, 0) is 69.2 Å². The van der Waals surface area contributed by atoms with E-state index in [1.807, 2.05) is 0 Å². The van der Waals surface area contributed by atoms with Gasteiger partial charge in [-0.3, -0.25) is 0 Å².